The molecule has 0 radical (unpaired) electrons. The molecule has 1 aromatic heterocycles. The average molecular weight is 153 g/mol. The number of hydrogen-bond donors (Lipinski definition) is 1. The number of ether oxygens (including phenoxy) is 1. The van der Waals surface area contributed by atoms with Gasteiger partial charge in [-0.25, -0.2) is 4.98 Å². The van der Waals surface area contributed by atoms with E-state index in [-0.39, 0.29) is 0 Å². The van der Waals surface area contributed by atoms with Gasteiger partial charge in [-0.15, -0.1) is 0 Å². The van der Waals surface area contributed by atoms with E-state index in [2.05, 4.69) is 9.97 Å². The van der Waals surface area contributed by atoms with Gasteiger partial charge in [-0.05, 0) is 6.42 Å². The number of anilines is 1. The molecule has 0 spiro atoms. The smallest absolute Gasteiger partial charge is 0.318 e. The van der Waals surface area contributed by atoms with Gasteiger partial charge in [0, 0.05) is 11.8 Å². The zero-order valence-electron chi connectivity index (χ0n) is 6.66. The number of nitrogens with zero attached hydrogens (tertiary/aromatic N) is 2. The third kappa shape index (κ3) is 1.80. The molecule has 4 nitrogen and oxygen atoms in total. The third-order valence-electron chi connectivity index (χ3n) is 1.32. The van der Waals surface area contributed by atoms with Crippen LogP contribution in [0.3, 0.4) is 0 Å². The van der Waals surface area contributed by atoms with E-state index in [0.29, 0.717) is 11.8 Å². The first-order chi connectivity index (χ1) is 5.26. The van der Waals surface area contributed by atoms with Gasteiger partial charge < -0.3 is 10.5 Å². The molecule has 1 aromatic rings. The van der Waals surface area contributed by atoms with Crippen LogP contribution in [0.4, 0.5) is 5.82 Å². The van der Waals surface area contributed by atoms with E-state index in [4.69, 9.17) is 10.5 Å². The molecule has 0 aliphatic heterocycles. The fourth-order valence-electron chi connectivity index (χ4n) is 0.766. The normalized spacial score (nSPS) is 9.64. The molecule has 0 aliphatic rings. The third-order valence-corrected chi connectivity index (χ3v) is 1.32. The highest BCUT2D eigenvalue weighted by Crippen LogP contribution is 2.08. The van der Waals surface area contributed by atoms with Crippen LogP contribution in [0.1, 0.15) is 12.6 Å². The van der Waals surface area contributed by atoms with Gasteiger partial charge in [-0.3, -0.25) is 0 Å². The van der Waals surface area contributed by atoms with Crippen LogP contribution in [0.5, 0.6) is 6.01 Å². The van der Waals surface area contributed by atoms with Crippen molar-refractivity contribution in [2.45, 2.75) is 13.3 Å². The summed E-state index contributed by atoms with van der Waals surface area (Å²) in [5.41, 5.74) is 6.38. The van der Waals surface area contributed by atoms with E-state index in [1.165, 1.54) is 7.11 Å². The molecule has 0 atom stereocenters. The first-order valence-corrected chi connectivity index (χ1v) is 3.43. The highest BCUT2D eigenvalue weighted by Gasteiger charge is 1.99. The van der Waals surface area contributed by atoms with Crippen molar-refractivity contribution in [3.63, 3.8) is 0 Å². The number of rotatable bonds is 2. The second-order valence-corrected chi connectivity index (χ2v) is 2.12. The lowest BCUT2D eigenvalue weighted by Crippen LogP contribution is -1.99. The molecule has 1 heterocycles. The van der Waals surface area contributed by atoms with Crippen LogP contribution in [0.15, 0.2) is 6.07 Å². The van der Waals surface area contributed by atoms with Crippen LogP contribution in [0.2, 0.25) is 0 Å². The van der Waals surface area contributed by atoms with Crippen molar-refractivity contribution in [2.75, 3.05) is 12.8 Å². The zero-order chi connectivity index (χ0) is 8.27. The zero-order valence-corrected chi connectivity index (χ0v) is 6.66. The summed E-state index contributed by atoms with van der Waals surface area (Å²) in [4.78, 5) is 7.90. The summed E-state index contributed by atoms with van der Waals surface area (Å²) in [6, 6.07) is 2.07. The van der Waals surface area contributed by atoms with E-state index in [9.17, 15) is 0 Å². The van der Waals surface area contributed by atoms with Gasteiger partial charge in [0.15, 0.2) is 0 Å². The Morgan fingerprint density at radius 2 is 2.27 bits per heavy atom. The lowest BCUT2D eigenvalue weighted by molar-refractivity contribution is 0.379. The summed E-state index contributed by atoms with van der Waals surface area (Å²) in [5.74, 6) is 0.453. The lowest BCUT2D eigenvalue weighted by atomic mass is 10.3. The maximum Gasteiger partial charge on any atom is 0.318 e. The number of hydrogen-bond acceptors (Lipinski definition) is 4. The van der Waals surface area contributed by atoms with Crippen LogP contribution in [-0.4, -0.2) is 17.1 Å². The van der Waals surface area contributed by atoms with Crippen LogP contribution in [-0.2, 0) is 6.42 Å². The topological polar surface area (TPSA) is 61.0 Å². The van der Waals surface area contributed by atoms with Gasteiger partial charge in [-0.1, -0.05) is 6.92 Å². The molecule has 2 N–H and O–H groups in total. The Hall–Kier alpha value is -1.32. The predicted molar refractivity (Wildman–Crippen MR) is 42.4 cm³/mol. The molecular weight excluding hydrogens is 142 g/mol. The number of methoxy groups -OCH3 is 1. The van der Waals surface area contributed by atoms with Crippen LogP contribution in [0.25, 0.3) is 0 Å². The van der Waals surface area contributed by atoms with Crippen molar-refractivity contribution in [1.29, 1.82) is 0 Å². The second kappa shape index (κ2) is 3.18. The summed E-state index contributed by atoms with van der Waals surface area (Å²) in [5, 5.41) is 0. The molecule has 4 heteroatoms. The van der Waals surface area contributed by atoms with Crippen molar-refractivity contribution in [3.8, 4) is 6.01 Å². The molecule has 60 valence electrons. The summed E-state index contributed by atoms with van der Waals surface area (Å²) in [6.45, 7) is 2.00. The van der Waals surface area contributed by atoms with Gasteiger partial charge in [0.2, 0.25) is 0 Å². The number of nitrogen functional groups attached to an aromatic ring is 1. The summed E-state index contributed by atoms with van der Waals surface area (Å²) >= 11 is 0. The Balaban J connectivity index is 3.02. The highest BCUT2D eigenvalue weighted by molar-refractivity contribution is 5.31. The van der Waals surface area contributed by atoms with E-state index in [1.54, 1.807) is 6.07 Å². The van der Waals surface area contributed by atoms with Gasteiger partial charge in [0.25, 0.3) is 0 Å². The minimum Gasteiger partial charge on any atom is -0.467 e. The van der Waals surface area contributed by atoms with E-state index in [0.717, 1.165) is 12.1 Å². The van der Waals surface area contributed by atoms with Crippen molar-refractivity contribution in [3.05, 3.63) is 11.8 Å². The van der Waals surface area contributed by atoms with Crippen LogP contribution < -0.4 is 10.5 Å². The number of nitrogens with two attached hydrogens (primary N) is 1. The largest absolute Gasteiger partial charge is 0.467 e. The molecule has 0 amide bonds. The maximum atomic E-state index is 5.48. The average Bonchev–Trinajstić information content (AvgIpc) is 2.03. The fraction of sp³-hybridized carbons (Fsp3) is 0.429. The molecule has 11 heavy (non-hydrogen) atoms. The first-order valence-electron chi connectivity index (χ1n) is 3.43. The molecule has 0 saturated heterocycles. The second-order valence-electron chi connectivity index (χ2n) is 2.12. The van der Waals surface area contributed by atoms with E-state index in [1.807, 2.05) is 6.92 Å². The Labute approximate surface area is 65.4 Å². The highest BCUT2D eigenvalue weighted by atomic mass is 16.5. The van der Waals surface area contributed by atoms with Crippen LogP contribution >= 0.6 is 0 Å². The summed E-state index contributed by atoms with van der Waals surface area (Å²) in [7, 11) is 1.52. The Morgan fingerprint density at radius 1 is 1.55 bits per heavy atom. The Morgan fingerprint density at radius 3 is 2.82 bits per heavy atom. The maximum absolute atomic E-state index is 5.48. The number of aromatic nitrogens is 2. The molecule has 0 unspecified atom stereocenters. The molecule has 0 aliphatic carbocycles. The van der Waals surface area contributed by atoms with Gasteiger partial charge >= 0.3 is 6.01 Å². The minimum atomic E-state index is 0.335. The minimum absolute atomic E-state index is 0.335. The standard InChI is InChI=1S/C7H11N3O/c1-3-5-4-6(8)10-7(9-5)11-2/h4H,3H2,1-2H3,(H2,8,9,10). The van der Waals surface area contributed by atoms with Crippen LogP contribution in [0, 0.1) is 0 Å². The predicted octanol–water partition coefficient (Wildman–Crippen LogP) is 0.630. The fourth-order valence-corrected chi connectivity index (χ4v) is 0.766. The van der Waals surface area contributed by atoms with Crippen molar-refractivity contribution in [2.24, 2.45) is 0 Å². The Kier molecular flexibility index (Phi) is 2.25. The Bertz CT molecular complexity index is 227. The van der Waals surface area contributed by atoms with Gasteiger partial charge in [0.05, 0.1) is 7.11 Å². The SMILES string of the molecule is CCc1cc(N)nc(OC)n1. The molecular formula is C7H11N3O. The van der Waals surface area contributed by atoms with Crippen molar-refractivity contribution < 1.29 is 4.74 Å². The van der Waals surface area contributed by atoms with Crippen molar-refractivity contribution in [1.82, 2.24) is 9.97 Å². The van der Waals surface area contributed by atoms with E-state index >= 15 is 0 Å². The van der Waals surface area contributed by atoms with Gasteiger partial charge in [-0.2, -0.15) is 4.98 Å². The molecule has 0 saturated carbocycles. The molecule has 0 fully saturated rings. The summed E-state index contributed by atoms with van der Waals surface area (Å²) in [6.07, 6.45) is 0.836. The van der Waals surface area contributed by atoms with Crippen molar-refractivity contribution >= 4 is 5.82 Å². The van der Waals surface area contributed by atoms with Gasteiger partial charge in [0.1, 0.15) is 5.82 Å². The monoisotopic (exact) mass is 153 g/mol. The first kappa shape index (κ1) is 7.78. The quantitative estimate of drug-likeness (QED) is 0.677. The molecule has 0 bridgehead atoms. The lowest BCUT2D eigenvalue weighted by Gasteiger charge is -2.01. The summed E-state index contributed by atoms with van der Waals surface area (Å²) < 4.78 is 4.84. The van der Waals surface area contributed by atoms with E-state index < -0.39 is 0 Å². The number of aryl methyl sites for hydroxylation is 1. The molecule has 1 rings (SSSR count). The molecule has 0 aromatic carbocycles.